The van der Waals surface area contributed by atoms with Crippen molar-refractivity contribution in [2.75, 3.05) is 34.9 Å². The number of methoxy groups -OCH3 is 3. The molecule has 1 rings (SSSR count). The second-order valence-electron chi connectivity index (χ2n) is 5.26. The Hall–Kier alpha value is -1.95. The van der Waals surface area contributed by atoms with E-state index in [0.29, 0.717) is 29.4 Å². The lowest BCUT2D eigenvalue weighted by molar-refractivity contribution is 0.0636. The molecule has 1 aromatic carbocycles. The zero-order valence-corrected chi connectivity index (χ0v) is 13.5. The minimum absolute atomic E-state index is 0.191. The third kappa shape index (κ3) is 3.21. The fourth-order valence-corrected chi connectivity index (χ4v) is 1.86. The highest BCUT2D eigenvalue weighted by atomic mass is 16.5. The first kappa shape index (κ1) is 17.1. The molecule has 6 heteroatoms. The van der Waals surface area contributed by atoms with Crippen LogP contribution in [0.5, 0.6) is 17.2 Å². The van der Waals surface area contributed by atoms with Crippen LogP contribution in [-0.4, -0.2) is 51.3 Å². The Kier molecular flexibility index (Phi) is 5.43. The first-order valence-corrected chi connectivity index (χ1v) is 6.61. The molecule has 6 nitrogen and oxygen atoms in total. The Labute approximate surface area is 125 Å². The predicted molar refractivity (Wildman–Crippen MR) is 81.3 cm³/mol. The number of hydrogen-bond acceptors (Lipinski definition) is 5. The highest BCUT2D eigenvalue weighted by molar-refractivity contribution is 5.98. The number of amides is 1. The molecule has 0 aliphatic rings. The largest absolute Gasteiger partial charge is 0.493 e. The molecule has 0 aromatic heterocycles. The van der Waals surface area contributed by atoms with Crippen molar-refractivity contribution in [1.82, 2.24) is 4.90 Å². The second-order valence-corrected chi connectivity index (χ2v) is 5.26. The van der Waals surface area contributed by atoms with Crippen LogP contribution in [0.2, 0.25) is 0 Å². The van der Waals surface area contributed by atoms with Gasteiger partial charge in [-0.15, -0.1) is 0 Å². The number of likely N-dealkylation sites (N-methyl/N-ethyl adjacent to an activating group) is 1. The maximum Gasteiger partial charge on any atom is 0.257 e. The summed E-state index contributed by atoms with van der Waals surface area (Å²) in [5, 5.41) is 0. The van der Waals surface area contributed by atoms with Crippen LogP contribution < -0.4 is 19.9 Å². The highest BCUT2D eigenvalue weighted by Gasteiger charge is 2.30. The lowest BCUT2D eigenvalue weighted by atomic mass is 10.0. The van der Waals surface area contributed by atoms with Crippen LogP contribution in [0.25, 0.3) is 0 Å². The van der Waals surface area contributed by atoms with E-state index in [-0.39, 0.29) is 5.91 Å². The summed E-state index contributed by atoms with van der Waals surface area (Å²) in [5.74, 6) is 1.06. The van der Waals surface area contributed by atoms with E-state index in [1.807, 2.05) is 13.8 Å². The summed E-state index contributed by atoms with van der Waals surface area (Å²) in [5.41, 5.74) is 5.66. The van der Waals surface area contributed by atoms with Crippen LogP contribution in [0.3, 0.4) is 0 Å². The molecule has 0 radical (unpaired) electrons. The Morgan fingerprint density at radius 2 is 1.71 bits per heavy atom. The standard InChI is InChI=1S/C15H24N2O4/c1-15(2,9-16)17(3)14(18)10-7-8-11(19-4)13(21-6)12(10)20-5/h7-8H,9,16H2,1-6H3. The van der Waals surface area contributed by atoms with Crippen LogP contribution in [0, 0.1) is 0 Å². The average Bonchev–Trinajstić information content (AvgIpc) is 2.51. The monoisotopic (exact) mass is 296 g/mol. The Balaban J connectivity index is 3.34. The molecule has 2 N–H and O–H groups in total. The number of ether oxygens (including phenoxy) is 3. The van der Waals surface area contributed by atoms with Gasteiger partial charge in [-0.3, -0.25) is 4.79 Å². The topological polar surface area (TPSA) is 74.0 Å². The van der Waals surface area contributed by atoms with E-state index in [1.165, 1.54) is 21.3 Å². The Morgan fingerprint density at radius 3 is 2.14 bits per heavy atom. The maximum absolute atomic E-state index is 12.7. The van der Waals surface area contributed by atoms with Crippen LogP contribution in [0.4, 0.5) is 0 Å². The van der Waals surface area contributed by atoms with Gasteiger partial charge in [0.2, 0.25) is 5.75 Å². The number of nitrogens with two attached hydrogens (primary N) is 1. The van der Waals surface area contributed by atoms with E-state index in [4.69, 9.17) is 19.9 Å². The van der Waals surface area contributed by atoms with Gasteiger partial charge in [-0.1, -0.05) is 0 Å². The molecule has 21 heavy (non-hydrogen) atoms. The lowest BCUT2D eigenvalue weighted by Crippen LogP contribution is -2.50. The zero-order chi connectivity index (χ0) is 16.2. The van der Waals surface area contributed by atoms with Gasteiger partial charge in [-0.25, -0.2) is 0 Å². The summed E-state index contributed by atoms with van der Waals surface area (Å²) >= 11 is 0. The summed E-state index contributed by atoms with van der Waals surface area (Å²) in [6.45, 7) is 4.15. The number of nitrogens with zero attached hydrogens (tertiary/aromatic N) is 1. The van der Waals surface area contributed by atoms with E-state index in [2.05, 4.69) is 0 Å². The molecule has 0 fully saturated rings. The van der Waals surface area contributed by atoms with Gasteiger partial charge in [0.05, 0.1) is 26.9 Å². The maximum atomic E-state index is 12.7. The molecule has 0 saturated carbocycles. The van der Waals surface area contributed by atoms with Crippen molar-refractivity contribution in [2.45, 2.75) is 19.4 Å². The molecular weight excluding hydrogens is 272 g/mol. The average molecular weight is 296 g/mol. The van der Waals surface area contributed by atoms with Gasteiger partial charge in [-0.05, 0) is 26.0 Å². The Morgan fingerprint density at radius 1 is 1.14 bits per heavy atom. The van der Waals surface area contributed by atoms with Gasteiger partial charge >= 0.3 is 0 Å². The molecule has 0 atom stereocenters. The molecule has 1 aromatic rings. The van der Waals surface area contributed by atoms with E-state index < -0.39 is 5.54 Å². The third-order valence-corrected chi connectivity index (χ3v) is 3.65. The Bertz CT molecular complexity index is 515. The van der Waals surface area contributed by atoms with Gasteiger partial charge in [0.25, 0.3) is 5.91 Å². The molecule has 0 aliphatic carbocycles. The molecule has 0 saturated heterocycles. The van der Waals surface area contributed by atoms with Gasteiger partial charge in [0.15, 0.2) is 11.5 Å². The highest BCUT2D eigenvalue weighted by Crippen LogP contribution is 2.40. The first-order chi connectivity index (χ1) is 9.83. The van der Waals surface area contributed by atoms with E-state index >= 15 is 0 Å². The molecule has 1 amide bonds. The molecule has 0 spiro atoms. The number of carbonyl (C=O) groups is 1. The van der Waals surface area contributed by atoms with Crippen LogP contribution in [0.15, 0.2) is 12.1 Å². The van der Waals surface area contributed by atoms with Gasteiger partial charge in [0.1, 0.15) is 0 Å². The number of benzene rings is 1. The van der Waals surface area contributed by atoms with E-state index in [0.717, 1.165) is 0 Å². The second kappa shape index (κ2) is 6.67. The van der Waals surface area contributed by atoms with Gasteiger partial charge < -0.3 is 24.8 Å². The van der Waals surface area contributed by atoms with Crippen molar-refractivity contribution in [2.24, 2.45) is 5.73 Å². The van der Waals surface area contributed by atoms with Crippen molar-refractivity contribution >= 4 is 5.91 Å². The summed E-state index contributed by atoms with van der Waals surface area (Å²) < 4.78 is 15.9. The number of rotatable bonds is 6. The molecule has 0 aliphatic heterocycles. The van der Waals surface area contributed by atoms with Crippen LogP contribution in [0.1, 0.15) is 24.2 Å². The van der Waals surface area contributed by atoms with Crippen molar-refractivity contribution in [1.29, 1.82) is 0 Å². The third-order valence-electron chi connectivity index (χ3n) is 3.65. The minimum atomic E-state index is -0.463. The minimum Gasteiger partial charge on any atom is -0.493 e. The number of hydrogen-bond donors (Lipinski definition) is 1. The summed E-state index contributed by atoms with van der Waals surface area (Å²) in [7, 11) is 6.23. The summed E-state index contributed by atoms with van der Waals surface area (Å²) in [4.78, 5) is 14.3. The molecule has 118 valence electrons. The molecule has 0 bridgehead atoms. The quantitative estimate of drug-likeness (QED) is 0.861. The summed E-state index contributed by atoms with van der Waals surface area (Å²) in [6, 6.07) is 3.34. The lowest BCUT2D eigenvalue weighted by Gasteiger charge is -2.35. The van der Waals surface area contributed by atoms with Crippen molar-refractivity contribution in [3.05, 3.63) is 17.7 Å². The number of carbonyl (C=O) groups excluding carboxylic acids is 1. The fraction of sp³-hybridized carbons (Fsp3) is 0.533. The van der Waals surface area contributed by atoms with Crippen LogP contribution >= 0.6 is 0 Å². The van der Waals surface area contributed by atoms with Crippen molar-refractivity contribution < 1.29 is 19.0 Å². The predicted octanol–water partition coefficient (Wildman–Crippen LogP) is 1.52. The van der Waals surface area contributed by atoms with Gasteiger partial charge in [0, 0.05) is 19.1 Å². The summed E-state index contributed by atoms with van der Waals surface area (Å²) in [6.07, 6.45) is 0. The van der Waals surface area contributed by atoms with Crippen molar-refractivity contribution in [3.63, 3.8) is 0 Å². The zero-order valence-electron chi connectivity index (χ0n) is 13.5. The van der Waals surface area contributed by atoms with E-state index in [1.54, 1.807) is 24.1 Å². The SMILES string of the molecule is COc1ccc(C(=O)N(C)C(C)(C)CN)c(OC)c1OC. The van der Waals surface area contributed by atoms with Gasteiger partial charge in [-0.2, -0.15) is 0 Å². The molecule has 0 heterocycles. The van der Waals surface area contributed by atoms with Crippen LogP contribution in [-0.2, 0) is 0 Å². The van der Waals surface area contributed by atoms with Crippen molar-refractivity contribution in [3.8, 4) is 17.2 Å². The fourth-order valence-electron chi connectivity index (χ4n) is 1.86. The van der Waals surface area contributed by atoms with E-state index in [9.17, 15) is 4.79 Å². The molecular formula is C15H24N2O4. The smallest absolute Gasteiger partial charge is 0.257 e. The molecule has 0 unspecified atom stereocenters. The first-order valence-electron chi connectivity index (χ1n) is 6.61. The normalized spacial score (nSPS) is 11.0.